The van der Waals surface area contributed by atoms with Gasteiger partial charge in [0.15, 0.2) is 0 Å². The van der Waals surface area contributed by atoms with Gasteiger partial charge in [0.1, 0.15) is 0 Å². The van der Waals surface area contributed by atoms with Gasteiger partial charge in [-0.25, -0.2) is 0 Å². The molecular weight excluding hydrogens is 164 g/mol. The van der Waals surface area contributed by atoms with Gasteiger partial charge in [0.2, 0.25) is 11.0 Å². The van der Waals surface area contributed by atoms with Gasteiger partial charge in [0.25, 0.3) is 0 Å². The molecule has 0 saturated heterocycles. The molecule has 0 aromatic rings. The van der Waals surface area contributed by atoms with Crippen molar-refractivity contribution in [2.45, 2.75) is 6.92 Å². The highest BCUT2D eigenvalue weighted by Gasteiger charge is 1.97. The first-order valence-corrected chi connectivity index (χ1v) is 4.25. The fourth-order valence-electron chi connectivity index (χ4n) is 0.451. The van der Waals surface area contributed by atoms with Crippen LogP contribution in [0.4, 0.5) is 0 Å². The minimum Gasteiger partial charge on any atom is -0.356 e. The standard InChI is InChI=1S/C6H12N2O2S/c1-5(9)8-2-3-11-6(10)4-7/h2-4,7H2,1H3,(H,8,9). The Morgan fingerprint density at radius 1 is 1.55 bits per heavy atom. The van der Waals surface area contributed by atoms with Crippen LogP contribution in [0.1, 0.15) is 6.92 Å². The van der Waals surface area contributed by atoms with Crippen molar-refractivity contribution in [1.82, 2.24) is 5.32 Å². The third-order valence-corrected chi connectivity index (χ3v) is 1.80. The maximum absolute atomic E-state index is 10.6. The molecular formula is C6H12N2O2S. The Labute approximate surface area is 69.9 Å². The van der Waals surface area contributed by atoms with Crippen LogP contribution >= 0.6 is 11.8 Å². The van der Waals surface area contributed by atoms with E-state index in [-0.39, 0.29) is 17.6 Å². The number of nitrogens with two attached hydrogens (primary N) is 1. The van der Waals surface area contributed by atoms with E-state index in [1.54, 1.807) is 0 Å². The molecule has 64 valence electrons. The first-order chi connectivity index (χ1) is 5.16. The van der Waals surface area contributed by atoms with Crippen molar-refractivity contribution in [3.05, 3.63) is 0 Å². The van der Waals surface area contributed by atoms with Crippen LogP contribution in [0, 0.1) is 0 Å². The summed E-state index contributed by atoms with van der Waals surface area (Å²) in [6, 6.07) is 0. The molecule has 0 spiro atoms. The van der Waals surface area contributed by atoms with E-state index in [0.29, 0.717) is 12.3 Å². The monoisotopic (exact) mass is 176 g/mol. The van der Waals surface area contributed by atoms with Crippen molar-refractivity contribution in [2.24, 2.45) is 5.73 Å². The van der Waals surface area contributed by atoms with Crippen molar-refractivity contribution in [3.8, 4) is 0 Å². The predicted octanol–water partition coefficient (Wildman–Crippen LogP) is -0.659. The number of amides is 1. The number of carbonyl (C=O) groups excluding carboxylic acids is 2. The Morgan fingerprint density at radius 3 is 2.64 bits per heavy atom. The van der Waals surface area contributed by atoms with Crippen LogP contribution in [0.3, 0.4) is 0 Å². The lowest BCUT2D eigenvalue weighted by Crippen LogP contribution is -2.23. The second-order valence-corrected chi connectivity index (χ2v) is 3.06. The Morgan fingerprint density at radius 2 is 2.18 bits per heavy atom. The van der Waals surface area contributed by atoms with Gasteiger partial charge in [-0.1, -0.05) is 11.8 Å². The highest BCUT2D eigenvalue weighted by Crippen LogP contribution is 1.97. The second kappa shape index (κ2) is 6.18. The van der Waals surface area contributed by atoms with E-state index in [1.165, 1.54) is 6.92 Å². The molecule has 5 heteroatoms. The third-order valence-electron chi connectivity index (χ3n) is 0.906. The molecule has 0 fully saturated rings. The zero-order valence-electron chi connectivity index (χ0n) is 6.42. The molecule has 0 aliphatic heterocycles. The van der Waals surface area contributed by atoms with E-state index in [1.807, 2.05) is 0 Å². The molecule has 4 nitrogen and oxygen atoms in total. The highest BCUT2D eigenvalue weighted by molar-refractivity contribution is 8.13. The van der Waals surface area contributed by atoms with Gasteiger partial charge >= 0.3 is 0 Å². The Kier molecular flexibility index (Phi) is 5.87. The lowest BCUT2D eigenvalue weighted by Gasteiger charge is -1.99. The van der Waals surface area contributed by atoms with E-state index in [0.717, 1.165) is 11.8 Å². The number of hydrogen-bond acceptors (Lipinski definition) is 4. The molecule has 0 unspecified atom stereocenters. The Bertz CT molecular complexity index is 150. The fraction of sp³-hybridized carbons (Fsp3) is 0.667. The van der Waals surface area contributed by atoms with Gasteiger partial charge in [-0.15, -0.1) is 0 Å². The topological polar surface area (TPSA) is 72.2 Å². The zero-order valence-corrected chi connectivity index (χ0v) is 7.24. The van der Waals surface area contributed by atoms with Crippen molar-refractivity contribution in [2.75, 3.05) is 18.8 Å². The van der Waals surface area contributed by atoms with E-state index < -0.39 is 0 Å². The van der Waals surface area contributed by atoms with Crippen LogP contribution in [-0.2, 0) is 9.59 Å². The first-order valence-electron chi connectivity index (χ1n) is 3.27. The van der Waals surface area contributed by atoms with Gasteiger partial charge in [0.05, 0.1) is 6.54 Å². The molecule has 0 atom stereocenters. The van der Waals surface area contributed by atoms with Crippen LogP contribution in [0.5, 0.6) is 0 Å². The summed E-state index contributed by atoms with van der Waals surface area (Å²) < 4.78 is 0. The van der Waals surface area contributed by atoms with Crippen molar-refractivity contribution in [3.63, 3.8) is 0 Å². The largest absolute Gasteiger partial charge is 0.356 e. The van der Waals surface area contributed by atoms with E-state index in [4.69, 9.17) is 5.73 Å². The second-order valence-electron chi connectivity index (χ2n) is 1.91. The lowest BCUT2D eigenvalue weighted by atomic mass is 10.6. The minimum absolute atomic E-state index is 0.0460. The van der Waals surface area contributed by atoms with Gasteiger partial charge in [-0.2, -0.15) is 0 Å². The molecule has 0 aliphatic rings. The molecule has 11 heavy (non-hydrogen) atoms. The maximum atomic E-state index is 10.6. The van der Waals surface area contributed by atoms with Crippen molar-refractivity contribution in [1.29, 1.82) is 0 Å². The van der Waals surface area contributed by atoms with Crippen molar-refractivity contribution >= 4 is 22.8 Å². The number of carbonyl (C=O) groups is 2. The lowest BCUT2D eigenvalue weighted by molar-refractivity contribution is -0.118. The van der Waals surface area contributed by atoms with Crippen molar-refractivity contribution < 1.29 is 9.59 Å². The molecule has 0 aromatic carbocycles. The minimum atomic E-state index is -0.0780. The van der Waals surface area contributed by atoms with Gasteiger partial charge in [-0.05, 0) is 0 Å². The SMILES string of the molecule is CC(=O)NCCSC(=O)CN. The number of rotatable bonds is 4. The smallest absolute Gasteiger partial charge is 0.216 e. The quantitative estimate of drug-likeness (QED) is 0.558. The summed E-state index contributed by atoms with van der Waals surface area (Å²) in [5.41, 5.74) is 5.06. The van der Waals surface area contributed by atoms with E-state index in [2.05, 4.69) is 5.32 Å². The molecule has 0 rings (SSSR count). The van der Waals surface area contributed by atoms with Gasteiger partial charge in [-0.3, -0.25) is 9.59 Å². The summed E-state index contributed by atoms with van der Waals surface area (Å²) in [7, 11) is 0. The van der Waals surface area contributed by atoms with E-state index >= 15 is 0 Å². The van der Waals surface area contributed by atoms with Gasteiger partial charge in [0, 0.05) is 19.2 Å². The molecule has 0 bridgehead atoms. The number of hydrogen-bond donors (Lipinski definition) is 2. The highest BCUT2D eigenvalue weighted by atomic mass is 32.2. The average molecular weight is 176 g/mol. The Balaban J connectivity index is 3.14. The maximum Gasteiger partial charge on any atom is 0.216 e. The summed E-state index contributed by atoms with van der Waals surface area (Å²) in [6.07, 6.45) is 0. The van der Waals surface area contributed by atoms with Crippen LogP contribution in [0.25, 0.3) is 0 Å². The van der Waals surface area contributed by atoms with E-state index in [9.17, 15) is 9.59 Å². The molecule has 1 amide bonds. The normalized spacial score (nSPS) is 9.27. The molecule has 0 heterocycles. The zero-order chi connectivity index (χ0) is 8.69. The van der Waals surface area contributed by atoms with Gasteiger partial charge < -0.3 is 11.1 Å². The average Bonchev–Trinajstić information content (AvgIpc) is 1.97. The molecule has 0 radical (unpaired) electrons. The molecule has 3 N–H and O–H groups in total. The number of thioether (sulfide) groups is 1. The van der Waals surface area contributed by atoms with Crippen LogP contribution in [0.15, 0.2) is 0 Å². The number of nitrogens with one attached hydrogen (secondary N) is 1. The molecule has 0 aliphatic carbocycles. The third kappa shape index (κ3) is 7.35. The predicted molar refractivity (Wildman–Crippen MR) is 45.2 cm³/mol. The summed E-state index contributed by atoms with van der Waals surface area (Å²) >= 11 is 1.14. The molecule has 0 aromatic heterocycles. The summed E-state index contributed by atoms with van der Waals surface area (Å²) in [5, 5.41) is 2.53. The van der Waals surface area contributed by atoms with Crippen LogP contribution in [-0.4, -0.2) is 29.9 Å². The summed E-state index contributed by atoms with van der Waals surface area (Å²) in [4.78, 5) is 20.9. The summed E-state index contributed by atoms with van der Waals surface area (Å²) in [6.45, 7) is 2.02. The van der Waals surface area contributed by atoms with Crippen LogP contribution in [0.2, 0.25) is 0 Å². The first kappa shape index (κ1) is 10.4. The fourth-order valence-corrected chi connectivity index (χ4v) is 1.00. The molecule has 0 saturated carbocycles. The Hall–Kier alpha value is -0.550. The van der Waals surface area contributed by atoms with Crippen LogP contribution < -0.4 is 11.1 Å². The summed E-state index contributed by atoms with van der Waals surface area (Å²) in [5.74, 6) is 0.515.